The summed E-state index contributed by atoms with van der Waals surface area (Å²) in [6.07, 6.45) is 2.66. The minimum absolute atomic E-state index is 0.308. The molecule has 0 radical (unpaired) electrons. The van der Waals surface area contributed by atoms with Crippen molar-refractivity contribution in [2.75, 3.05) is 19.6 Å². The molecule has 3 heterocycles. The number of hydrogen-bond acceptors (Lipinski definition) is 3. The largest absolute Gasteiger partial charge is 0.339 e. The number of benzene rings is 1. The number of carbonyl (C=O) groups excluding carboxylic acids is 1. The van der Waals surface area contributed by atoms with Gasteiger partial charge in [-0.05, 0) is 47.9 Å². The van der Waals surface area contributed by atoms with Gasteiger partial charge in [-0.25, -0.2) is 0 Å². The summed E-state index contributed by atoms with van der Waals surface area (Å²) >= 11 is 1.88. The maximum Gasteiger partial charge on any atom is 0.223 e. The van der Waals surface area contributed by atoms with Crippen LogP contribution in [0.2, 0.25) is 0 Å². The van der Waals surface area contributed by atoms with Crippen molar-refractivity contribution in [3.8, 4) is 0 Å². The van der Waals surface area contributed by atoms with Crippen molar-refractivity contribution in [1.82, 2.24) is 9.80 Å². The van der Waals surface area contributed by atoms with E-state index in [1.54, 1.807) is 4.88 Å². The molecule has 0 saturated carbocycles. The van der Waals surface area contributed by atoms with Gasteiger partial charge in [-0.15, -0.1) is 11.3 Å². The van der Waals surface area contributed by atoms with Crippen LogP contribution in [0.25, 0.3) is 0 Å². The van der Waals surface area contributed by atoms with Gasteiger partial charge in [-0.1, -0.05) is 24.3 Å². The Kier molecular flexibility index (Phi) is 4.42. The van der Waals surface area contributed by atoms with Crippen LogP contribution in [0.3, 0.4) is 0 Å². The van der Waals surface area contributed by atoms with Gasteiger partial charge in [-0.3, -0.25) is 9.69 Å². The molecular weight excluding hydrogens is 316 g/mol. The molecule has 1 saturated heterocycles. The second-order valence-corrected chi connectivity index (χ2v) is 7.97. The van der Waals surface area contributed by atoms with Gasteiger partial charge in [-0.2, -0.15) is 0 Å². The molecule has 126 valence electrons. The van der Waals surface area contributed by atoms with Gasteiger partial charge in [0.25, 0.3) is 0 Å². The Hall–Kier alpha value is -1.65. The third-order valence-electron chi connectivity index (χ3n) is 5.44. The van der Waals surface area contributed by atoms with E-state index >= 15 is 0 Å². The normalized spacial score (nSPS) is 18.3. The zero-order valence-corrected chi connectivity index (χ0v) is 15.0. The summed E-state index contributed by atoms with van der Waals surface area (Å²) in [6, 6.07) is 11.2. The van der Waals surface area contributed by atoms with Crippen LogP contribution in [0.4, 0.5) is 0 Å². The molecule has 2 aromatic rings. The SMILES string of the molecule is Cc1ccccc1CCC(=O)N1CC(N2CCc3sccc3C2)C1. The van der Waals surface area contributed by atoms with Crippen molar-refractivity contribution in [3.05, 3.63) is 57.3 Å². The molecule has 1 amide bonds. The maximum atomic E-state index is 12.4. The Morgan fingerprint density at radius 2 is 2.08 bits per heavy atom. The average molecular weight is 340 g/mol. The Labute approximate surface area is 147 Å². The summed E-state index contributed by atoms with van der Waals surface area (Å²) < 4.78 is 0. The predicted molar refractivity (Wildman–Crippen MR) is 98.3 cm³/mol. The highest BCUT2D eigenvalue weighted by Gasteiger charge is 2.35. The number of thiophene rings is 1. The number of hydrogen-bond donors (Lipinski definition) is 0. The van der Waals surface area contributed by atoms with Crippen LogP contribution in [0.5, 0.6) is 0 Å². The van der Waals surface area contributed by atoms with Gasteiger partial charge in [0.15, 0.2) is 0 Å². The first-order valence-electron chi connectivity index (χ1n) is 8.82. The van der Waals surface area contributed by atoms with E-state index < -0.39 is 0 Å². The van der Waals surface area contributed by atoms with E-state index in [0.29, 0.717) is 18.4 Å². The number of rotatable bonds is 4. The van der Waals surface area contributed by atoms with Gasteiger partial charge < -0.3 is 4.90 Å². The molecule has 0 atom stereocenters. The standard InChI is InChI=1S/C20H24N2OS/c1-15-4-2-3-5-16(15)6-7-20(23)22-13-18(14-22)21-10-8-19-17(12-21)9-11-24-19/h2-5,9,11,18H,6-8,10,12-14H2,1H3. The molecule has 4 rings (SSSR count). The molecule has 3 nitrogen and oxygen atoms in total. The quantitative estimate of drug-likeness (QED) is 0.853. The van der Waals surface area contributed by atoms with Crippen molar-refractivity contribution in [2.24, 2.45) is 0 Å². The van der Waals surface area contributed by atoms with Gasteiger partial charge in [0, 0.05) is 43.5 Å². The van der Waals surface area contributed by atoms with Crippen molar-refractivity contribution >= 4 is 17.2 Å². The lowest BCUT2D eigenvalue weighted by molar-refractivity contribution is -0.138. The fourth-order valence-corrected chi connectivity index (χ4v) is 4.65. The van der Waals surface area contributed by atoms with Crippen LogP contribution in [-0.2, 0) is 24.2 Å². The van der Waals surface area contributed by atoms with Gasteiger partial charge in [0.2, 0.25) is 5.91 Å². The molecule has 1 aromatic carbocycles. The summed E-state index contributed by atoms with van der Waals surface area (Å²) in [7, 11) is 0. The average Bonchev–Trinajstić information content (AvgIpc) is 3.00. The van der Waals surface area contributed by atoms with Crippen molar-refractivity contribution in [2.45, 2.75) is 38.8 Å². The zero-order chi connectivity index (χ0) is 16.5. The summed E-state index contributed by atoms with van der Waals surface area (Å²) in [6.45, 7) is 6.14. The van der Waals surface area contributed by atoms with E-state index in [2.05, 4.69) is 47.5 Å². The smallest absolute Gasteiger partial charge is 0.223 e. The molecule has 0 spiro atoms. The third-order valence-corrected chi connectivity index (χ3v) is 6.46. The van der Waals surface area contributed by atoms with E-state index in [1.807, 2.05) is 16.2 Å². The summed E-state index contributed by atoms with van der Waals surface area (Å²) in [4.78, 5) is 18.5. The number of nitrogens with zero attached hydrogens (tertiary/aromatic N) is 2. The monoisotopic (exact) mass is 340 g/mol. The molecule has 2 aliphatic heterocycles. The highest BCUT2D eigenvalue weighted by molar-refractivity contribution is 7.10. The molecule has 24 heavy (non-hydrogen) atoms. The molecule has 4 heteroatoms. The number of aryl methyl sites for hydroxylation is 2. The van der Waals surface area contributed by atoms with Crippen LogP contribution in [0.1, 0.15) is 28.0 Å². The fraction of sp³-hybridized carbons (Fsp3) is 0.450. The number of carbonyl (C=O) groups is 1. The zero-order valence-electron chi connectivity index (χ0n) is 14.2. The van der Waals surface area contributed by atoms with Crippen LogP contribution in [-0.4, -0.2) is 41.4 Å². The Balaban J connectivity index is 1.25. The molecular formula is C20H24N2OS. The first kappa shape index (κ1) is 15.9. The number of likely N-dealkylation sites (tertiary alicyclic amines) is 1. The third kappa shape index (κ3) is 3.13. The maximum absolute atomic E-state index is 12.4. The molecule has 1 fully saturated rings. The summed E-state index contributed by atoms with van der Waals surface area (Å²) in [5, 5.41) is 2.20. The van der Waals surface area contributed by atoms with Crippen molar-refractivity contribution in [3.63, 3.8) is 0 Å². The van der Waals surface area contributed by atoms with Crippen LogP contribution >= 0.6 is 11.3 Å². The fourth-order valence-electron chi connectivity index (χ4n) is 3.76. The van der Waals surface area contributed by atoms with Crippen LogP contribution in [0.15, 0.2) is 35.7 Å². The van der Waals surface area contributed by atoms with E-state index in [1.165, 1.54) is 23.1 Å². The van der Waals surface area contributed by atoms with Gasteiger partial charge in [0.1, 0.15) is 0 Å². The first-order valence-corrected chi connectivity index (χ1v) is 9.70. The van der Waals surface area contributed by atoms with Crippen LogP contribution in [0, 0.1) is 6.92 Å². The lowest BCUT2D eigenvalue weighted by atomic mass is 10.00. The Morgan fingerprint density at radius 3 is 2.92 bits per heavy atom. The summed E-state index contributed by atoms with van der Waals surface area (Å²) in [5.41, 5.74) is 4.08. The molecule has 0 bridgehead atoms. The summed E-state index contributed by atoms with van der Waals surface area (Å²) in [5.74, 6) is 0.308. The first-order chi connectivity index (χ1) is 11.7. The highest BCUT2D eigenvalue weighted by Crippen LogP contribution is 2.28. The van der Waals surface area contributed by atoms with E-state index in [9.17, 15) is 4.79 Å². The lowest BCUT2D eigenvalue weighted by Gasteiger charge is -2.46. The van der Waals surface area contributed by atoms with Gasteiger partial charge >= 0.3 is 0 Å². The predicted octanol–water partition coefficient (Wildman–Crippen LogP) is 3.26. The van der Waals surface area contributed by atoms with Gasteiger partial charge in [0.05, 0.1) is 0 Å². The minimum Gasteiger partial charge on any atom is -0.339 e. The van der Waals surface area contributed by atoms with E-state index in [4.69, 9.17) is 0 Å². The second kappa shape index (κ2) is 6.69. The van der Waals surface area contributed by atoms with Crippen molar-refractivity contribution < 1.29 is 4.79 Å². The van der Waals surface area contributed by atoms with Crippen molar-refractivity contribution in [1.29, 1.82) is 0 Å². The lowest BCUT2D eigenvalue weighted by Crippen LogP contribution is -2.61. The number of fused-ring (bicyclic) bond motifs is 1. The topological polar surface area (TPSA) is 23.6 Å². The molecule has 0 aliphatic carbocycles. The highest BCUT2D eigenvalue weighted by atomic mass is 32.1. The van der Waals surface area contributed by atoms with E-state index in [-0.39, 0.29) is 0 Å². The molecule has 1 aromatic heterocycles. The number of amides is 1. The minimum atomic E-state index is 0.308. The van der Waals surface area contributed by atoms with E-state index in [0.717, 1.165) is 32.6 Å². The van der Waals surface area contributed by atoms with Crippen LogP contribution < -0.4 is 0 Å². The molecule has 0 N–H and O–H groups in total. The Bertz CT molecular complexity index is 733. The Morgan fingerprint density at radius 1 is 1.25 bits per heavy atom. The second-order valence-electron chi connectivity index (χ2n) is 6.97. The molecule has 2 aliphatic rings. The molecule has 0 unspecified atom stereocenters.